The molecule has 0 heterocycles. The number of carbonyl (C=O) groups is 1. The van der Waals surface area contributed by atoms with Crippen molar-refractivity contribution in [3.05, 3.63) is 29.8 Å². The number of hydrogen-bond acceptors (Lipinski definition) is 4. The number of benzene rings is 1. The van der Waals surface area contributed by atoms with Crippen LogP contribution in [0.15, 0.2) is 24.3 Å². The van der Waals surface area contributed by atoms with Gasteiger partial charge in [0.2, 0.25) is 0 Å². The molecule has 0 radical (unpaired) electrons. The number of nitrogens with two attached hydrogens (primary N) is 1. The molecule has 0 saturated carbocycles. The minimum atomic E-state index is -1.15. The fraction of sp³-hybridized carbons (Fsp3) is 0.533. The Kier molecular flexibility index (Phi) is 5.83. The number of unbranched alkanes of at least 4 members (excludes halogenated alkanes) is 1. The maximum absolute atomic E-state index is 11.8. The maximum Gasteiger partial charge on any atom is 0.330 e. The molecule has 4 nitrogen and oxygen atoms in total. The SMILES string of the molecule is CCCCOc1cccc(C(C)(N)C(=O)OCC)c1. The van der Waals surface area contributed by atoms with Crippen molar-refractivity contribution in [3.8, 4) is 5.75 Å². The van der Waals surface area contributed by atoms with Crippen LogP contribution in [0.2, 0.25) is 0 Å². The first-order chi connectivity index (χ1) is 9.02. The molecule has 1 rings (SSSR count). The van der Waals surface area contributed by atoms with Gasteiger partial charge in [0.1, 0.15) is 11.3 Å². The Balaban J connectivity index is 2.82. The Hall–Kier alpha value is -1.55. The average Bonchev–Trinajstić information content (AvgIpc) is 2.39. The minimum Gasteiger partial charge on any atom is -0.494 e. The fourth-order valence-electron chi connectivity index (χ4n) is 1.64. The van der Waals surface area contributed by atoms with Gasteiger partial charge in [0, 0.05) is 0 Å². The van der Waals surface area contributed by atoms with Crippen LogP contribution >= 0.6 is 0 Å². The molecule has 0 aliphatic rings. The van der Waals surface area contributed by atoms with Gasteiger partial charge in [-0.25, -0.2) is 4.79 Å². The number of esters is 1. The Morgan fingerprint density at radius 2 is 2.11 bits per heavy atom. The van der Waals surface area contributed by atoms with Gasteiger partial charge in [-0.2, -0.15) is 0 Å². The van der Waals surface area contributed by atoms with Crippen molar-refractivity contribution >= 4 is 5.97 Å². The van der Waals surface area contributed by atoms with Gasteiger partial charge < -0.3 is 15.2 Å². The van der Waals surface area contributed by atoms with Crippen LogP contribution in [0.3, 0.4) is 0 Å². The van der Waals surface area contributed by atoms with Gasteiger partial charge in [-0.05, 0) is 38.0 Å². The van der Waals surface area contributed by atoms with E-state index in [4.69, 9.17) is 15.2 Å². The number of rotatable bonds is 7. The largest absolute Gasteiger partial charge is 0.494 e. The van der Waals surface area contributed by atoms with E-state index in [1.165, 1.54) is 0 Å². The summed E-state index contributed by atoms with van der Waals surface area (Å²) in [6.45, 7) is 6.50. The molecule has 0 fully saturated rings. The molecule has 0 amide bonds. The van der Waals surface area contributed by atoms with Crippen LogP contribution in [0.1, 0.15) is 39.2 Å². The van der Waals surface area contributed by atoms with Crippen LogP contribution < -0.4 is 10.5 Å². The van der Waals surface area contributed by atoms with Crippen LogP contribution in [-0.2, 0) is 15.1 Å². The third kappa shape index (κ3) is 4.24. The zero-order valence-corrected chi connectivity index (χ0v) is 11.9. The van der Waals surface area contributed by atoms with E-state index >= 15 is 0 Å². The van der Waals surface area contributed by atoms with E-state index in [-0.39, 0.29) is 0 Å². The van der Waals surface area contributed by atoms with Crippen molar-refractivity contribution in [2.75, 3.05) is 13.2 Å². The molecule has 1 aromatic rings. The van der Waals surface area contributed by atoms with E-state index in [0.717, 1.165) is 18.6 Å². The van der Waals surface area contributed by atoms with Crippen molar-refractivity contribution in [1.82, 2.24) is 0 Å². The second-order valence-electron chi connectivity index (χ2n) is 4.65. The third-order valence-corrected chi connectivity index (χ3v) is 2.90. The highest BCUT2D eigenvalue weighted by Gasteiger charge is 2.32. The second kappa shape index (κ2) is 7.14. The first-order valence-electron chi connectivity index (χ1n) is 6.71. The molecule has 4 heteroatoms. The molecule has 1 atom stereocenters. The van der Waals surface area contributed by atoms with Gasteiger partial charge in [-0.3, -0.25) is 0 Å². The van der Waals surface area contributed by atoms with Gasteiger partial charge in [0.05, 0.1) is 13.2 Å². The van der Waals surface area contributed by atoms with Gasteiger partial charge >= 0.3 is 5.97 Å². The summed E-state index contributed by atoms with van der Waals surface area (Å²) in [5, 5.41) is 0. The summed E-state index contributed by atoms with van der Waals surface area (Å²) < 4.78 is 10.6. The molecule has 1 aromatic carbocycles. The summed E-state index contributed by atoms with van der Waals surface area (Å²) in [7, 11) is 0. The van der Waals surface area contributed by atoms with Crippen molar-refractivity contribution in [2.45, 2.75) is 39.2 Å². The molecule has 19 heavy (non-hydrogen) atoms. The lowest BCUT2D eigenvalue weighted by Crippen LogP contribution is -2.43. The van der Waals surface area contributed by atoms with Gasteiger partial charge in [-0.15, -0.1) is 0 Å². The van der Waals surface area contributed by atoms with Gasteiger partial charge in [0.25, 0.3) is 0 Å². The molecule has 0 aliphatic carbocycles. The second-order valence-corrected chi connectivity index (χ2v) is 4.65. The quantitative estimate of drug-likeness (QED) is 0.608. The summed E-state index contributed by atoms with van der Waals surface area (Å²) in [4.78, 5) is 11.8. The topological polar surface area (TPSA) is 61.5 Å². The predicted octanol–water partition coefficient (Wildman–Crippen LogP) is 2.60. The number of carbonyl (C=O) groups excluding carboxylic acids is 1. The van der Waals surface area contributed by atoms with Crippen LogP contribution in [0, 0.1) is 0 Å². The normalized spacial score (nSPS) is 13.7. The van der Waals surface area contributed by atoms with E-state index in [2.05, 4.69) is 6.92 Å². The van der Waals surface area contributed by atoms with Crippen LogP contribution in [-0.4, -0.2) is 19.2 Å². The lowest BCUT2D eigenvalue weighted by molar-refractivity contribution is -0.149. The summed E-state index contributed by atoms with van der Waals surface area (Å²) in [6.07, 6.45) is 2.08. The average molecular weight is 265 g/mol. The predicted molar refractivity (Wildman–Crippen MR) is 75.0 cm³/mol. The van der Waals surface area contributed by atoms with Crippen molar-refractivity contribution in [2.24, 2.45) is 5.73 Å². The zero-order chi connectivity index (χ0) is 14.3. The Bertz CT molecular complexity index is 416. The highest BCUT2D eigenvalue weighted by molar-refractivity contribution is 5.82. The monoisotopic (exact) mass is 265 g/mol. The molecule has 0 bridgehead atoms. The van der Waals surface area contributed by atoms with Crippen molar-refractivity contribution in [1.29, 1.82) is 0 Å². The van der Waals surface area contributed by atoms with E-state index in [9.17, 15) is 4.79 Å². The number of ether oxygens (including phenoxy) is 2. The molecule has 0 aromatic heterocycles. The Labute approximate surface area is 114 Å². The first-order valence-corrected chi connectivity index (χ1v) is 6.71. The fourth-order valence-corrected chi connectivity index (χ4v) is 1.64. The van der Waals surface area contributed by atoms with E-state index in [0.29, 0.717) is 18.8 Å². The molecule has 0 saturated heterocycles. The van der Waals surface area contributed by atoms with Crippen molar-refractivity contribution < 1.29 is 14.3 Å². The summed E-state index contributed by atoms with van der Waals surface area (Å²) in [5.74, 6) is 0.299. The molecule has 106 valence electrons. The molecule has 1 unspecified atom stereocenters. The molecular formula is C15H23NO3. The van der Waals surface area contributed by atoms with E-state index in [1.807, 2.05) is 18.2 Å². The van der Waals surface area contributed by atoms with E-state index < -0.39 is 11.5 Å². The van der Waals surface area contributed by atoms with Crippen LogP contribution in [0.5, 0.6) is 5.75 Å². The highest BCUT2D eigenvalue weighted by atomic mass is 16.5. The van der Waals surface area contributed by atoms with Crippen molar-refractivity contribution in [3.63, 3.8) is 0 Å². The highest BCUT2D eigenvalue weighted by Crippen LogP contribution is 2.24. The molecule has 0 aliphatic heterocycles. The van der Waals surface area contributed by atoms with Crippen LogP contribution in [0.4, 0.5) is 0 Å². The lowest BCUT2D eigenvalue weighted by Gasteiger charge is -2.23. The Morgan fingerprint density at radius 3 is 2.74 bits per heavy atom. The summed E-state index contributed by atoms with van der Waals surface area (Å²) in [6, 6.07) is 7.30. The Morgan fingerprint density at radius 1 is 1.37 bits per heavy atom. The molecular weight excluding hydrogens is 242 g/mol. The first kappa shape index (κ1) is 15.5. The molecule has 2 N–H and O–H groups in total. The third-order valence-electron chi connectivity index (χ3n) is 2.90. The standard InChI is InChI=1S/C15H23NO3/c1-4-6-10-19-13-9-7-8-12(11-13)15(3,16)14(17)18-5-2/h7-9,11H,4-6,10,16H2,1-3H3. The zero-order valence-electron chi connectivity index (χ0n) is 11.9. The maximum atomic E-state index is 11.8. The van der Waals surface area contributed by atoms with Crippen LogP contribution in [0.25, 0.3) is 0 Å². The number of hydrogen-bond donors (Lipinski definition) is 1. The summed E-state index contributed by atoms with van der Waals surface area (Å²) >= 11 is 0. The van der Waals surface area contributed by atoms with Gasteiger partial charge in [-0.1, -0.05) is 25.5 Å². The van der Waals surface area contributed by atoms with E-state index in [1.54, 1.807) is 19.9 Å². The van der Waals surface area contributed by atoms with Gasteiger partial charge in [0.15, 0.2) is 0 Å². The minimum absolute atomic E-state index is 0.318. The molecule has 0 spiro atoms. The summed E-state index contributed by atoms with van der Waals surface area (Å²) in [5.41, 5.74) is 5.60. The smallest absolute Gasteiger partial charge is 0.330 e. The lowest BCUT2D eigenvalue weighted by atomic mass is 9.93.